The lowest BCUT2D eigenvalue weighted by molar-refractivity contribution is 0.0856. The van der Waals surface area contributed by atoms with Gasteiger partial charge in [-0.25, -0.2) is 0 Å². The van der Waals surface area contributed by atoms with Gasteiger partial charge in [0.1, 0.15) is 5.75 Å². The third-order valence-electron chi connectivity index (χ3n) is 5.25. The lowest BCUT2D eigenvalue weighted by Crippen LogP contribution is -2.34. The van der Waals surface area contributed by atoms with Crippen molar-refractivity contribution in [1.82, 2.24) is 5.32 Å². The molecule has 2 saturated heterocycles. The molecule has 2 aliphatic rings. The molecule has 4 unspecified atom stereocenters. The molecule has 2 heterocycles. The molecule has 4 atom stereocenters. The summed E-state index contributed by atoms with van der Waals surface area (Å²) in [6, 6.07) is 4.78. The maximum absolute atomic E-state index is 6.08. The predicted octanol–water partition coefficient (Wildman–Crippen LogP) is 3.53. The molecule has 2 fully saturated rings. The molecule has 0 aliphatic carbocycles. The second kappa shape index (κ2) is 5.98. The quantitative estimate of drug-likeness (QED) is 0.899. The zero-order valence-electron chi connectivity index (χ0n) is 13.6. The number of aryl methyl sites for hydroxylation is 1. The van der Waals surface area contributed by atoms with Crippen LogP contribution < -0.4 is 10.1 Å². The van der Waals surface area contributed by atoms with Gasteiger partial charge in [-0.15, -0.1) is 0 Å². The Morgan fingerprint density at radius 1 is 1.33 bits per heavy atom. The number of benzene rings is 1. The molecule has 1 aromatic carbocycles. The van der Waals surface area contributed by atoms with Crippen molar-refractivity contribution in [3.05, 3.63) is 28.8 Å². The van der Waals surface area contributed by atoms with Gasteiger partial charge >= 0.3 is 0 Å². The van der Waals surface area contributed by atoms with Crippen molar-refractivity contribution in [2.75, 3.05) is 13.7 Å². The van der Waals surface area contributed by atoms with E-state index in [-0.39, 0.29) is 0 Å². The molecule has 0 aromatic heterocycles. The number of methoxy groups -OCH3 is 1. The largest absolute Gasteiger partial charge is 0.496 e. The van der Waals surface area contributed by atoms with Gasteiger partial charge in [0.05, 0.1) is 19.3 Å². The van der Waals surface area contributed by atoms with Gasteiger partial charge in [-0.2, -0.15) is 0 Å². The second-order valence-electron chi connectivity index (χ2n) is 6.44. The standard InChI is InChI=1S/C18H27NO2/c1-5-19-17(15-10-13-7-9-16(15)21-13)14-8-6-11(2)12(3)18(14)20-4/h6,8,13,15-17,19H,5,7,9-10H2,1-4H3. The Kier molecular flexibility index (Phi) is 4.23. The maximum atomic E-state index is 6.08. The Labute approximate surface area is 128 Å². The molecule has 0 spiro atoms. The van der Waals surface area contributed by atoms with E-state index < -0.39 is 0 Å². The summed E-state index contributed by atoms with van der Waals surface area (Å²) in [5.74, 6) is 1.61. The number of hydrogen-bond acceptors (Lipinski definition) is 3. The molecule has 0 saturated carbocycles. The van der Waals surface area contributed by atoms with Crippen LogP contribution in [0.3, 0.4) is 0 Å². The van der Waals surface area contributed by atoms with Gasteiger partial charge in [0.15, 0.2) is 0 Å². The minimum atomic E-state index is 0.333. The van der Waals surface area contributed by atoms with E-state index in [4.69, 9.17) is 9.47 Å². The SMILES string of the molecule is CCNC(c1ccc(C)c(C)c1OC)C1CC2CCC1O2. The summed E-state index contributed by atoms with van der Waals surface area (Å²) in [7, 11) is 1.78. The summed E-state index contributed by atoms with van der Waals surface area (Å²) in [5, 5.41) is 3.69. The van der Waals surface area contributed by atoms with Gasteiger partial charge in [-0.3, -0.25) is 0 Å². The van der Waals surface area contributed by atoms with Gasteiger partial charge in [0, 0.05) is 17.5 Å². The minimum Gasteiger partial charge on any atom is -0.496 e. The van der Waals surface area contributed by atoms with Crippen molar-refractivity contribution in [2.45, 2.75) is 58.3 Å². The maximum Gasteiger partial charge on any atom is 0.126 e. The van der Waals surface area contributed by atoms with E-state index in [0.717, 1.165) is 12.3 Å². The van der Waals surface area contributed by atoms with Crippen LogP contribution in [-0.4, -0.2) is 25.9 Å². The molecule has 3 rings (SSSR count). The lowest BCUT2D eigenvalue weighted by atomic mass is 9.80. The van der Waals surface area contributed by atoms with Crippen LogP contribution in [0, 0.1) is 19.8 Å². The average molecular weight is 289 g/mol. The minimum absolute atomic E-state index is 0.333. The summed E-state index contributed by atoms with van der Waals surface area (Å²) < 4.78 is 11.8. The monoisotopic (exact) mass is 289 g/mol. The molecule has 1 aromatic rings. The smallest absolute Gasteiger partial charge is 0.126 e. The number of ether oxygens (including phenoxy) is 2. The molecule has 2 bridgehead atoms. The van der Waals surface area contributed by atoms with E-state index in [1.807, 2.05) is 0 Å². The number of nitrogens with one attached hydrogen (secondary N) is 1. The van der Waals surface area contributed by atoms with Gasteiger partial charge in [0.25, 0.3) is 0 Å². The molecule has 0 amide bonds. The normalized spacial score (nSPS) is 28.9. The van der Waals surface area contributed by atoms with Crippen molar-refractivity contribution >= 4 is 0 Å². The van der Waals surface area contributed by atoms with Gasteiger partial charge < -0.3 is 14.8 Å². The Balaban J connectivity index is 1.96. The Morgan fingerprint density at radius 3 is 2.71 bits per heavy atom. The first-order valence-electron chi connectivity index (χ1n) is 8.18. The van der Waals surface area contributed by atoms with Crippen molar-refractivity contribution < 1.29 is 9.47 Å². The van der Waals surface area contributed by atoms with E-state index in [9.17, 15) is 0 Å². The molecule has 2 aliphatic heterocycles. The molecule has 3 heteroatoms. The Bertz CT molecular complexity index is 514. The second-order valence-corrected chi connectivity index (χ2v) is 6.44. The molecular formula is C18H27NO2. The van der Waals surface area contributed by atoms with Crippen LogP contribution in [0.25, 0.3) is 0 Å². The number of hydrogen-bond donors (Lipinski definition) is 1. The van der Waals surface area contributed by atoms with Gasteiger partial charge in [-0.1, -0.05) is 19.1 Å². The summed E-state index contributed by atoms with van der Waals surface area (Å²) >= 11 is 0. The first-order valence-corrected chi connectivity index (χ1v) is 8.18. The van der Waals surface area contributed by atoms with Crippen molar-refractivity contribution in [1.29, 1.82) is 0 Å². The van der Waals surface area contributed by atoms with Crippen LogP contribution in [0.2, 0.25) is 0 Å². The fraction of sp³-hybridized carbons (Fsp3) is 0.667. The Morgan fingerprint density at radius 2 is 2.14 bits per heavy atom. The van der Waals surface area contributed by atoms with E-state index in [1.165, 1.54) is 36.0 Å². The first-order chi connectivity index (χ1) is 10.2. The van der Waals surface area contributed by atoms with Crippen LogP contribution in [-0.2, 0) is 4.74 Å². The zero-order chi connectivity index (χ0) is 15.0. The summed E-state index contributed by atoms with van der Waals surface area (Å²) in [6.45, 7) is 7.44. The highest BCUT2D eigenvalue weighted by molar-refractivity contribution is 5.47. The van der Waals surface area contributed by atoms with E-state index in [0.29, 0.717) is 24.2 Å². The zero-order valence-corrected chi connectivity index (χ0v) is 13.6. The third-order valence-corrected chi connectivity index (χ3v) is 5.25. The van der Waals surface area contributed by atoms with Crippen LogP contribution in [0.4, 0.5) is 0 Å². The van der Waals surface area contributed by atoms with Crippen LogP contribution in [0.1, 0.15) is 48.9 Å². The average Bonchev–Trinajstić information content (AvgIpc) is 3.10. The lowest BCUT2D eigenvalue weighted by Gasteiger charge is -2.31. The predicted molar refractivity (Wildman–Crippen MR) is 84.9 cm³/mol. The fourth-order valence-corrected chi connectivity index (χ4v) is 4.07. The molecular weight excluding hydrogens is 262 g/mol. The van der Waals surface area contributed by atoms with E-state index in [2.05, 4.69) is 38.2 Å². The highest BCUT2D eigenvalue weighted by Crippen LogP contribution is 2.46. The van der Waals surface area contributed by atoms with Crippen molar-refractivity contribution in [3.63, 3.8) is 0 Å². The summed E-state index contributed by atoms with van der Waals surface area (Å²) in [5.41, 5.74) is 3.83. The fourth-order valence-electron chi connectivity index (χ4n) is 4.07. The third kappa shape index (κ3) is 2.58. The number of rotatable bonds is 5. The molecule has 1 N–H and O–H groups in total. The van der Waals surface area contributed by atoms with Crippen molar-refractivity contribution in [3.8, 4) is 5.75 Å². The first kappa shape index (κ1) is 14.9. The topological polar surface area (TPSA) is 30.5 Å². The van der Waals surface area contributed by atoms with E-state index >= 15 is 0 Å². The molecule has 0 radical (unpaired) electrons. The summed E-state index contributed by atoms with van der Waals surface area (Å²) in [6.07, 6.45) is 4.54. The van der Waals surface area contributed by atoms with Gasteiger partial charge in [-0.05, 0) is 50.8 Å². The Hall–Kier alpha value is -1.06. The molecule has 116 valence electrons. The number of fused-ring (bicyclic) bond motifs is 2. The van der Waals surface area contributed by atoms with Gasteiger partial charge in [0.2, 0.25) is 0 Å². The summed E-state index contributed by atoms with van der Waals surface area (Å²) in [4.78, 5) is 0. The van der Waals surface area contributed by atoms with Crippen LogP contribution in [0.15, 0.2) is 12.1 Å². The van der Waals surface area contributed by atoms with Crippen LogP contribution in [0.5, 0.6) is 5.75 Å². The van der Waals surface area contributed by atoms with Crippen LogP contribution >= 0.6 is 0 Å². The molecule has 3 nitrogen and oxygen atoms in total. The van der Waals surface area contributed by atoms with Crippen molar-refractivity contribution in [2.24, 2.45) is 5.92 Å². The highest BCUT2D eigenvalue weighted by Gasteiger charge is 2.45. The molecule has 21 heavy (non-hydrogen) atoms. The van der Waals surface area contributed by atoms with E-state index in [1.54, 1.807) is 7.11 Å². The highest BCUT2D eigenvalue weighted by atomic mass is 16.5.